The maximum atomic E-state index is 11.4. The third kappa shape index (κ3) is 5.89. The van der Waals surface area contributed by atoms with Gasteiger partial charge in [-0.1, -0.05) is 12.8 Å². The van der Waals surface area contributed by atoms with Crippen molar-refractivity contribution < 1.29 is 19.4 Å². The Morgan fingerprint density at radius 3 is 2.03 bits per heavy atom. The summed E-state index contributed by atoms with van der Waals surface area (Å²) in [5, 5.41) is 12.9. The van der Waals surface area contributed by atoms with Crippen molar-refractivity contribution in [3.05, 3.63) is 23.9 Å². The Hall–Kier alpha value is -2.21. The zero-order valence-corrected chi connectivity index (χ0v) is 17.6. The number of benzene rings is 1. The second-order valence-electron chi connectivity index (χ2n) is 8.13. The number of carbonyl (C=O) groups is 1. The lowest BCUT2D eigenvalue weighted by atomic mass is 9.97. The fraction of sp³-hybridized carbons (Fsp3) is 0.609. The molecule has 1 aromatic heterocycles. The van der Waals surface area contributed by atoms with E-state index in [-0.39, 0.29) is 17.9 Å². The van der Waals surface area contributed by atoms with Gasteiger partial charge < -0.3 is 24.9 Å². The van der Waals surface area contributed by atoms with Crippen LogP contribution in [0.25, 0.3) is 10.9 Å². The lowest BCUT2D eigenvalue weighted by Crippen LogP contribution is -2.21. The van der Waals surface area contributed by atoms with E-state index >= 15 is 0 Å². The molecule has 29 heavy (non-hydrogen) atoms. The number of fused-ring (bicyclic) bond motifs is 1. The average molecular weight is 403 g/mol. The van der Waals surface area contributed by atoms with E-state index in [4.69, 9.17) is 9.47 Å². The highest BCUT2D eigenvalue weighted by atomic mass is 16.5. The highest BCUT2D eigenvalue weighted by Gasteiger charge is 2.21. The summed E-state index contributed by atoms with van der Waals surface area (Å²) >= 11 is 0. The molecular formula is C23H34N2O4. The van der Waals surface area contributed by atoms with Crippen molar-refractivity contribution in [3.8, 4) is 11.5 Å². The van der Waals surface area contributed by atoms with Crippen LogP contribution in [-0.2, 0) is 0 Å². The van der Waals surface area contributed by atoms with Crippen molar-refractivity contribution in [2.24, 2.45) is 0 Å². The van der Waals surface area contributed by atoms with Crippen LogP contribution in [0.2, 0.25) is 0 Å². The van der Waals surface area contributed by atoms with Gasteiger partial charge >= 0.3 is 5.97 Å². The Bertz CT molecular complexity index is 790. The molecule has 0 saturated heterocycles. The first-order valence-corrected chi connectivity index (χ1v) is 10.9. The van der Waals surface area contributed by atoms with Gasteiger partial charge in [-0.05, 0) is 71.5 Å². The third-order valence-electron chi connectivity index (χ3n) is 5.60. The molecule has 2 aliphatic rings. The van der Waals surface area contributed by atoms with Gasteiger partial charge in [-0.2, -0.15) is 0 Å². The van der Waals surface area contributed by atoms with Crippen LogP contribution in [0, 0.1) is 0 Å². The maximum Gasteiger partial charge on any atom is 0.352 e. The minimum Gasteiger partial charge on any atom is -0.490 e. The molecular weight excluding hydrogens is 368 g/mol. The van der Waals surface area contributed by atoms with Crippen LogP contribution < -0.4 is 14.8 Å². The fourth-order valence-electron chi connectivity index (χ4n) is 4.20. The molecule has 2 fully saturated rings. The van der Waals surface area contributed by atoms with Gasteiger partial charge in [-0.15, -0.1) is 0 Å². The number of nitrogens with one attached hydrogen (secondary N) is 2. The maximum absolute atomic E-state index is 11.4. The number of aromatic nitrogens is 1. The Morgan fingerprint density at radius 1 is 0.931 bits per heavy atom. The number of carboxylic acid groups (broad SMARTS) is 1. The summed E-state index contributed by atoms with van der Waals surface area (Å²) in [7, 11) is 3.75. The topological polar surface area (TPSA) is 83.6 Å². The molecule has 2 aromatic rings. The van der Waals surface area contributed by atoms with Crippen LogP contribution in [0.3, 0.4) is 0 Å². The summed E-state index contributed by atoms with van der Waals surface area (Å²) in [6.45, 7) is 0. The van der Waals surface area contributed by atoms with Gasteiger partial charge in [0.05, 0.1) is 17.7 Å². The number of hydrogen-bond donors (Lipinski definition) is 3. The average Bonchev–Trinajstić information content (AvgIpc) is 3.15. The van der Waals surface area contributed by atoms with E-state index < -0.39 is 5.97 Å². The van der Waals surface area contributed by atoms with Gasteiger partial charge in [-0.25, -0.2) is 4.79 Å². The molecule has 160 valence electrons. The molecule has 0 aliphatic heterocycles. The summed E-state index contributed by atoms with van der Waals surface area (Å²) in [5.41, 5.74) is 0.949. The molecule has 0 amide bonds. The molecule has 1 aromatic carbocycles. The molecule has 6 heteroatoms. The summed E-state index contributed by atoms with van der Waals surface area (Å²) in [6.07, 6.45) is 12.1. The normalized spacial score (nSPS) is 18.1. The van der Waals surface area contributed by atoms with E-state index in [0.29, 0.717) is 0 Å². The van der Waals surface area contributed by atoms with E-state index in [2.05, 4.69) is 10.3 Å². The number of aromatic amines is 1. The van der Waals surface area contributed by atoms with E-state index in [0.717, 1.165) is 48.1 Å². The molecule has 3 N–H and O–H groups in total. The van der Waals surface area contributed by atoms with E-state index in [1.807, 2.05) is 26.2 Å². The van der Waals surface area contributed by atoms with Gasteiger partial charge in [-0.3, -0.25) is 0 Å². The molecule has 0 atom stereocenters. The van der Waals surface area contributed by atoms with Crippen molar-refractivity contribution in [1.82, 2.24) is 10.3 Å². The number of H-pyrrole nitrogens is 1. The van der Waals surface area contributed by atoms with Crippen LogP contribution in [-0.4, -0.2) is 42.4 Å². The number of carboxylic acids is 1. The lowest BCUT2D eigenvalue weighted by Gasteiger charge is -2.25. The Balaban J connectivity index is 0.000000755. The van der Waals surface area contributed by atoms with Crippen LogP contribution >= 0.6 is 0 Å². The highest BCUT2D eigenvalue weighted by Crippen LogP contribution is 2.36. The zero-order valence-electron chi connectivity index (χ0n) is 17.6. The van der Waals surface area contributed by atoms with E-state index in [1.165, 1.54) is 38.5 Å². The SMILES string of the molecule is CNC.O=C(O)c1cc2c(OC3CCCCC3)cc(OC3CCCCC3)cc2[nH]1. The first-order chi connectivity index (χ1) is 14.1. The lowest BCUT2D eigenvalue weighted by molar-refractivity contribution is 0.0691. The van der Waals surface area contributed by atoms with Crippen molar-refractivity contribution in [3.63, 3.8) is 0 Å². The quantitative estimate of drug-likeness (QED) is 0.646. The smallest absolute Gasteiger partial charge is 0.352 e. The Kier molecular flexibility index (Phi) is 7.81. The predicted octanol–water partition coefficient (Wildman–Crippen LogP) is 5.12. The predicted molar refractivity (Wildman–Crippen MR) is 115 cm³/mol. The summed E-state index contributed by atoms with van der Waals surface area (Å²) < 4.78 is 12.5. The van der Waals surface area contributed by atoms with Crippen molar-refractivity contribution >= 4 is 16.9 Å². The Labute approximate surface area is 173 Å². The van der Waals surface area contributed by atoms with Gasteiger partial charge in [0.15, 0.2) is 0 Å². The molecule has 0 bridgehead atoms. The van der Waals surface area contributed by atoms with Gasteiger partial charge in [0, 0.05) is 17.5 Å². The number of ether oxygens (including phenoxy) is 2. The molecule has 6 nitrogen and oxygen atoms in total. The highest BCUT2D eigenvalue weighted by molar-refractivity contribution is 5.96. The monoisotopic (exact) mass is 402 g/mol. The van der Waals surface area contributed by atoms with E-state index in [9.17, 15) is 9.90 Å². The number of hydrogen-bond acceptors (Lipinski definition) is 4. The summed E-state index contributed by atoms with van der Waals surface area (Å²) in [4.78, 5) is 14.4. The van der Waals surface area contributed by atoms with Crippen molar-refractivity contribution in [2.45, 2.75) is 76.4 Å². The molecule has 0 spiro atoms. The van der Waals surface area contributed by atoms with Crippen molar-refractivity contribution in [1.29, 1.82) is 0 Å². The van der Waals surface area contributed by atoms with Gasteiger partial charge in [0.2, 0.25) is 0 Å². The van der Waals surface area contributed by atoms with Crippen molar-refractivity contribution in [2.75, 3.05) is 14.1 Å². The van der Waals surface area contributed by atoms with E-state index in [1.54, 1.807) is 6.07 Å². The van der Waals surface area contributed by atoms with Crippen LogP contribution in [0.1, 0.15) is 74.7 Å². The summed E-state index contributed by atoms with van der Waals surface area (Å²) in [6, 6.07) is 5.52. The minimum atomic E-state index is -0.959. The zero-order chi connectivity index (χ0) is 20.6. The molecule has 1 heterocycles. The van der Waals surface area contributed by atoms with Crippen LogP contribution in [0.15, 0.2) is 18.2 Å². The second kappa shape index (κ2) is 10.5. The van der Waals surface area contributed by atoms with Gasteiger partial charge in [0.1, 0.15) is 17.2 Å². The van der Waals surface area contributed by atoms with Crippen LogP contribution in [0.5, 0.6) is 11.5 Å². The first kappa shape index (κ1) is 21.5. The molecule has 4 rings (SSSR count). The largest absolute Gasteiger partial charge is 0.490 e. The van der Waals surface area contributed by atoms with Crippen LogP contribution in [0.4, 0.5) is 0 Å². The van der Waals surface area contributed by atoms with Gasteiger partial charge in [0.25, 0.3) is 0 Å². The second-order valence-corrected chi connectivity index (χ2v) is 8.13. The minimum absolute atomic E-state index is 0.184. The summed E-state index contributed by atoms with van der Waals surface area (Å²) in [5.74, 6) is 0.553. The fourth-order valence-corrected chi connectivity index (χ4v) is 4.20. The number of rotatable bonds is 5. The third-order valence-corrected chi connectivity index (χ3v) is 5.60. The molecule has 0 unspecified atom stereocenters. The Morgan fingerprint density at radius 2 is 1.48 bits per heavy atom. The molecule has 0 radical (unpaired) electrons. The molecule has 2 aliphatic carbocycles. The number of aromatic carboxylic acids is 1. The molecule has 2 saturated carbocycles. The standard InChI is InChI=1S/C21H27NO4.C2H7N/c23-21(24)19-13-17-18(22-19)11-16(25-14-7-3-1-4-8-14)12-20(17)26-15-9-5-2-6-10-15;1-3-2/h11-15,22H,1-10H2,(H,23,24);3H,1-2H3. The first-order valence-electron chi connectivity index (χ1n) is 10.9.